The molecule has 6 nitrogen and oxygen atoms in total. The number of amides is 2. The zero-order chi connectivity index (χ0) is 19.4. The lowest BCUT2D eigenvalue weighted by molar-refractivity contribution is -0.141. The van der Waals surface area contributed by atoms with Crippen molar-refractivity contribution in [2.45, 2.75) is 30.2 Å². The first-order valence-corrected chi connectivity index (χ1v) is 9.04. The van der Waals surface area contributed by atoms with Crippen LogP contribution < -0.4 is 10.6 Å². The molecule has 142 valence electrons. The second-order valence-electron chi connectivity index (χ2n) is 5.85. The number of carbonyl (C=O) groups excluding carboxylic acids is 2. The molecule has 0 unspecified atom stereocenters. The first-order valence-electron chi connectivity index (χ1n) is 8.06. The van der Waals surface area contributed by atoms with Crippen LogP contribution in [0.5, 0.6) is 0 Å². The van der Waals surface area contributed by atoms with Gasteiger partial charge in [0, 0.05) is 12.2 Å². The number of anilines is 1. The summed E-state index contributed by atoms with van der Waals surface area (Å²) in [5, 5.41) is 5.29. The molecule has 10 heteroatoms. The van der Waals surface area contributed by atoms with Crippen molar-refractivity contribution in [1.29, 1.82) is 0 Å². The zero-order valence-electron chi connectivity index (χ0n) is 13.9. The van der Waals surface area contributed by atoms with Gasteiger partial charge in [0.05, 0.1) is 17.0 Å². The molecule has 0 spiro atoms. The van der Waals surface area contributed by atoms with Crippen molar-refractivity contribution in [3.05, 3.63) is 47.8 Å². The number of nitrogens with zero attached hydrogens (tertiary/aromatic N) is 2. The van der Waals surface area contributed by atoms with Crippen LogP contribution in [-0.2, 0) is 11.0 Å². The van der Waals surface area contributed by atoms with Crippen molar-refractivity contribution in [3.63, 3.8) is 0 Å². The maximum absolute atomic E-state index is 12.7. The van der Waals surface area contributed by atoms with Crippen LogP contribution in [0.15, 0.2) is 41.7 Å². The molecular weight excluding hydrogens is 381 g/mol. The van der Waals surface area contributed by atoms with E-state index in [1.807, 2.05) is 0 Å². The highest BCUT2D eigenvalue weighted by atomic mass is 32.2. The van der Waals surface area contributed by atoms with E-state index in [1.54, 1.807) is 24.3 Å². The monoisotopic (exact) mass is 396 g/mol. The highest BCUT2D eigenvalue weighted by Gasteiger charge is 2.32. The van der Waals surface area contributed by atoms with E-state index in [9.17, 15) is 22.8 Å². The molecule has 0 radical (unpaired) electrons. The molecule has 0 bridgehead atoms. The van der Waals surface area contributed by atoms with E-state index in [0.717, 1.165) is 36.9 Å². The van der Waals surface area contributed by atoms with Crippen LogP contribution in [0.25, 0.3) is 0 Å². The number of hydrogen-bond acceptors (Lipinski definition) is 5. The molecule has 2 N–H and O–H groups in total. The van der Waals surface area contributed by atoms with Gasteiger partial charge in [-0.2, -0.15) is 13.2 Å². The average Bonchev–Trinajstić information content (AvgIpc) is 3.44. The Bertz CT molecular complexity index is 856. The summed E-state index contributed by atoms with van der Waals surface area (Å²) in [6, 6.07) is 7.48. The minimum atomic E-state index is -4.58. The number of alkyl halides is 3. The van der Waals surface area contributed by atoms with Crippen LogP contribution in [0.3, 0.4) is 0 Å². The van der Waals surface area contributed by atoms with Crippen LogP contribution in [0.2, 0.25) is 0 Å². The summed E-state index contributed by atoms with van der Waals surface area (Å²) in [6.45, 7) is 0. The van der Waals surface area contributed by atoms with Gasteiger partial charge >= 0.3 is 6.18 Å². The summed E-state index contributed by atoms with van der Waals surface area (Å²) in [6.07, 6.45) is -1.70. The Kier molecular flexibility index (Phi) is 5.64. The van der Waals surface area contributed by atoms with Crippen molar-refractivity contribution in [2.24, 2.45) is 0 Å². The second kappa shape index (κ2) is 7.95. The number of halogens is 3. The van der Waals surface area contributed by atoms with Gasteiger partial charge in [0.25, 0.3) is 5.91 Å². The van der Waals surface area contributed by atoms with Crippen LogP contribution in [0.4, 0.5) is 18.9 Å². The third kappa shape index (κ3) is 5.43. The van der Waals surface area contributed by atoms with Gasteiger partial charge < -0.3 is 10.6 Å². The molecule has 1 aromatic carbocycles. The largest absolute Gasteiger partial charge is 0.433 e. The lowest BCUT2D eigenvalue weighted by Crippen LogP contribution is -2.27. The molecule has 0 saturated heterocycles. The topological polar surface area (TPSA) is 84.0 Å². The summed E-state index contributed by atoms with van der Waals surface area (Å²) in [5.74, 6) is -0.949. The molecule has 0 aliphatic heterocycles. The molecule has 1 saturated carbocycles. The van der Waals surface area contributed by atoms with Gasteiger partial charge in [-0.25, -0.2) is 9.97 Å². The molecule has 0 atom stereocenters. The van der Waals surface area contributed by atoms with E-state index in [0.29, 0.717) is 11.3 Å². The van der Waals surface area contributed by atoms with Crippen LogP contribution in [0, 0.1) is 0 Å². The second-order valence-corrected chi connectivity index (χ2v) is 6.79. The summed E-state index contributed by atoms with van der Waals surface area (Å²) >= 11 is 0.778. The Balaban J connectivity index is 1.61. The highest BCUT2D eigenvalue weighted by molar-refractivity contribution is 7.99. The summed E-state index contributed by atoms with van der Waals surface area (Å²) in [5.41, 5.74) is -0.396. The lowest BCUT2D eigenvalue weighted by Gasteiger charge is -2.11. The van der Waals surface area contributed by atoms with Gasteiger partial charge in [-0.1, -0.05) is 23.9 Å². The quantitative estimate of drug-likeness (QED) is 0.579. The van der Waals surface area contributed by atoms with Gasteiger partial charge in [0.1, 0.15) is 5.69 Å². The maximum Gasteiger partial charge on any atom is 0.433 e. The van der Waals surface area contributed by atoms with Crippen molar-refractivity contribution in [1.82, 2.24) is 15.3 Å². The molecule has 2 amide bonds. The van der Waals surface area contributed by atoms with Gasteiger partial charge in [-0.15, -0.1) is 0 Å². The van der Waals surface area contributed by atoms with Crippen molar-refractivity contribution < 1.29 is 22.8 Å². The normalized spacial score (nSPS) is 13.9. The number of nitrogens with one attached hydrogen (secondary N) is 2. The predicted octanol–water partition coefficient (Wildman–Crippen LogP) is 3.12. The van der Waals surface area contributed by atoms with E-state index >= 15 is 0 Å². The Morgan fingerprint density at radius 2 is 1.93 bits per heavy atom. The fraction of sp³-hybridized carbons (Fsp3) is 0.294. The van der Waals surface area contributed by atoms with Crippen LogP contribution in [-0.4, -0.2) is 33.6 Å². The summed E-state index contributed by atoms with van der Waals surface area (Å²) in [4.78, 5) is 31.5. The van der Waals surface area contributed by atoms with Crippen molar-refractivity contribution in [3.8, 4) is 0 Å². The van der Waals surface area contributed by atoms with Gasteiger partial charge in [0.2, 0.25) is 5.91 Å². The van der Waals surface area contributed by atoms with E-state index < -0.39 is 17.8 Å². The smallest absolute Gasteiger partial charge is 0.349 e. The number of benzene rings is 1. The minimum Gasteiger partial charge on any atom is -0.349 e. The van der Waals surface area contributed by atoms with Crippen LogP contribution >= 0.6 is 11.8 Å². The fourth-order valence-corrected chi connectivity index (χ4v) is 2.80. The number of aromatic nitrogens is 2. The van der Waals surface area contributed by atoms with Gasteiger partial charge in [-0.3, -0.25) is 9.59 Å². The maximum atomic E-state index is 12.7. The number of thioether (sulfide) groups is 1. The molecule has 1 aliphatic carbocycles. The SMILES string of the molecule is O=C(CSc1nccc(C(F)(F)F)n1)Nc1ccccc1C(=O)NC1CC1. The summed E-state index contributed by atoms with van der Waals surface area (Å²) < 4.78 is 38.0. The summed E-state index contributed by atoms with van der Waals surface area (Å²) in [7, 11) is 0. The first-order chi connectivity index (χ1) is 12.8. The number of rotatable bonds is 6. The number of para-hydroxylation sites is 1. The molecule has 3 rings (SSSR count). The van der Waals surface area contributed by atoms with E-state index in [2.05, 4.69) is 20.6 Å². The Labute approximate surface area is 157 Å². The van der Waals surface area contributed by atoms with E-state index in [4.69, 9.17) is 0 Å². The molecule has 1 aliphatic rings. The predicted molar refractivity (Wildman–Crippen MR) is 93.3 cm³/mol. The van der Waals surface area contributed by atoms with Gasteiger partial charge in [-0.05, 0) is 31.0 Å². The number of carbonyl (C=O) groups is 2. The third-order valence-electron chi connectivity index (χ3n) is 3.61. The average molecular weight is 396 g/mol. The Hall–Kier alpha value is -2.62. The fourth-order valence-electron chi connectivity index (χ4n) is 2.17. The molecular formula is C17H15F3N4O2S. The molecule has 2 aromatic rings. The molecule has 1 fully saturated rings. The van der Waals surface area contributed by atoms with E-state index in [-0.39, 0.29) is 22.9 Å². The Morgan fingerprint density at radius 3 is 2.63 bits per heavy atom. The number of hydrogen-bond donors (Lipinski definition) is 2. The van der Waals surface area contributed by atoms with Crippen molar-refractivity contribution in [2.75, 3.05) is 11.1 Å². The first kappa shape index (κ1) is 19.2. The van der Waals surface area contributed by atoms with E-state index in [1.165, 1.54) is 0 Å². The standard InChI is InChI=1S/C17H15F3N4O2S/c18-17(19,20)13-7-8-21-16(24-13)27-9-14(25)23-12-4-2-1-3-11(12)15(26)22-10-5-6-10/h1-4,7-8,10H,5-6,9H2,(H,22,26)(H,23,25). The van der Waals surface area contributed by atoms with Crippen molar-refractivity contribution >= 4 is 29.3 Å². The lowest BCUT2D eigenvalue weighted by atomic mass is 10.1. The van der Waals surface area contributed by atoms with Crippen LogP contribution in [0.1, 0.15) is 28.9 Å². The molecule has 1 heterocycles. The molecule has 27 heavy (non-hydrogen) atoms. The third-order valence-corrected chi connectivity index (χ3v) is 4.48. The minimum absolute atomic E-state index is 0.153. The highest BCUT2D eigenvalue weighted by Crippen LogP contribution is 2.28. The Morgan fingerprint density at radius 1 is 1.19 bits per heavy atom. The zero-order valence-corrected chi connectivity index (χ0v) is 14.7. The van der Waals surface area contributed by atoms with Gasteiger partial charge in [0.15, 0.2) is 5.16 Å². The molecule has 1 aromatic heterocycles.